The average molecular weight is 306 g/mol. The van der Waals surface area contributed by atoms with Gasteiger partial charge >= 0.3 is 5.97 Å². The van der Waals surface area contributed by atoms with Crippen molar-refractivity contribution in [2.75, 3.05) is 7.05 Å². The van der Waals surface area contributed by atoms with E-state index in [1.165, 1.54) is 33.0 Å². The summed E-state index contributed by atoms with van der Waals surface area (Å²) in [5, 5.41) is 9.17. The van der Waals surface area contributed by atoms with Crippen molar-refractivity contribution in [3.8, 4) is 0 Å². The van der Waals surface area contributed by atoms with Gasteiger partial charge in [-0.1, -0.05) is 17.7 Å². The Hall–Kier alpha value is -1.11. The number of nitrogens with zero attached hydrogens (tertiary/aromatic N) is 1. The van der Waals surface area contributed by atoms with E-state index >= 15 is 0 Å². The molecule has 1 aromatic carbocycles. The number of carboxylic acid groups (broad SMARTS) is 1. The van der Waals surface area contributed by atoms with Gasteiger partial charge in [-0.15, -0.1) is 0 Å². The maximum Gasteiger partial charge on any atom is 0.324 e. The van der Waals surface area contributed by atoms with Gasteiger partial charge in [0.25, 0.3) is 0 Å². The first kappa shape index (κ1) is 15.9. The third kappa shape index (κ3) is 2.91. The smallest absolute Gasteiger partial charge is 0.324 e. The van der Waals surface area contributed by atoms with Gasteiger partial charge < -0.3 is 5.11 Å². The summed E-state index contributed by atoms with van der Waals surface area (Å²) >= 11 is 5.93. The number of hydrogen-bond donors (Lipinski definition) is 1. The topological polar surface area (TPSA) is 74.7 Å². The number of aliphatic carboxylic acids is 1. The summed E-state index contributed by atoms with van der Waals surface area (Å²) in [5.41, 5.74) is -0.739. The van der Waals surface area contributed by atoms with Crippen molar-refractivity contribution < 1.29 is 18.3 Å². The van der Waals surface area contributed by atoms with Gasteiger partial charge in [-0.2, -0.15) is 4.31 Å². The quantitative estimate of drug-likeness (QED) is 0.924. The number of hydrogen-bond acceptors (Lipinski definition) is 3. The van der Waals surface area contributed by atoms with Gasteiger partial charge in [0.05, 0.1) is 5.02 Å². The summed E-state index contributed by atoms with van der Waals surface area (Å²) in [4.78, 5) is 11.0. The van der Waals surface area contributed by atoms with Crippen LogP contribution in [0.25, 0.3) is 0 Å². The number of aryl methyl sites for hydroxylation is 1. The minimum atomic E-state index is -3.97. The zero-order chi connectivity index (χ0) is 15.0. The van der Waals surface area contributed by atoms with E-state index in [1.807, 2.05) is 0 Å². The van der Waals surface area contributed by atoms with Crippen molar-refractivity contribution in [2.45, 2.75) is 31.2 Å². The maximum absolute atomic E-state index is 12.4. The molecule has 0 radical (unpaired) electrons. The molecule has 1 aromatic rings. The monoisotopic (exact) mass is 305 g/mol. The Balaban J connectivity index is 3.36. The van der Waals surface area contributed by atoms with Crippen LogP contribution in [0.1, 0.15) is 19.4 Å². The highest BCUT2D eigenvalue weighted by molar-refractivity contribution is 7.89. The van der Waals surface area contributed by atoms with Gasteiger partial charge in [-0.3, -0.25) is 4.79 Å². The molecule has 7 heteroatoms. The fourth-order valence-electron chi connectivity index (χ4n) is 1.40. The Morgan fingerprint density at radius 2 is 1.89 bits per heavy atom. The van der Waals surface area contributed by atoms with Crippen molar-refractivity contribution in [3.05, 3.63) is 28.8 Å². The first-order valence-electron chi connectivity index (χ1n) is 5.50. The fraction of sp³-hybridized carbons (Fsp3) is 0.417. The van der Waals surface area contributed by atoms with Crippen molar-refractivity contribution in [2.24, 2.45) is 0 Å². The fourth-order valence-corrected chi connectivity index (χ4v) is 3.44. The summed E-state index contributed by atoms with van der Waals surface area (Å²) in [6.07, 6.45) is 0. The molecule has 0 unspecified atom stereocenters. The second-order valence-corrected chi connectivity index (χ2v) is 7.12. The largest absolute Gasteiger partial charge is 0.480 e. The van der Waals surface area contributed by atoms with Gasteiger partial charge in [-0.25, -0.2) is 8.42 Å². The molecule has 0 aliphatic rings. The Bertz CT molecular complexity index is 610. The average Bonchev–Trinajstić information content (AvgIpc) is 2.27. The SMILES string of the molecule is Cc1ccc(S(=O)(=O)N(C)C(C)(C)C(=O)O)c(Cl)c1. The van der Waals surface area contributed by atoms with E-state index in [4.69, 9.17) is 16.7 Å². The van der Waals surface area contributed by atoms with E-state index in [0.29, 0.717) is 0 Å². The molecule has 0 saturated carbocycles. The Labute approximate surface area is 117 Å². The van der Waals surface area contributed by atoms with Crippen LogP contribution in [0.5, 0.6) is 0 Å². The molecule has 0 fully saturated rings. The minimum Gasteiger partial charge on any atom is -0.480 e. The molecule has 106 valence electrons. The molecule has 0 bridgehead atoms. The maximum atomic E-state index is 12.4. The first-order valence-corrected chi connectivity index (χ1v) is 7.31. The van der Waals surface area contributed by atoms with Crippen LogP contribution >= 0.6 is 11.6 Å². The number of benzene rings is 1. The van der Waals surface area contributed by atoms with Crippen LogP contribution < -0.4 is 0 Å². The molecule has 1 rings (SSSR count). The molecule has 0 aliphatic heterocycles. The zero-order valence-corrected chi connectivity index (χ0v) is 12.7. The highest BCUT2D eigenvalue weighted by Gasteiger charge is 2.40. The summed E-state index contributed by atoms with van der Waals surface area (Å²) in [7, 11) is -2.75. The summed E-state index contributed by atoms with van der Waals surface area (Å²) in [6.45, 7) is 4.41. The minimum absolute atomic E-state index is 0.0769. The lowest BCUT2D eigenvalue weighted by Gasteiger charge is -2.30. The molecule has 0 heterocycles. The highest BCUT2D eigenvalue weighted by atomic mass is 35.5. The van der Waals surface area contributed by atoms with E-state index < -0.39 is 21.5 Å². The predicted molar refractivity (Wildman–Crippen MR) is 72.9 cm³/mol. The van der Waals surface area contributed by atoms with Crippen LogP contribution in [0.4, 0.5) is 0 Å². The van der Waals surface area contributed by atoms with Crippen molar-refractivity contribution in [1.29, 1.82) is 0 Å². The van der Waals surface area contributed by atoms with Crippen LogP contribution in [0, 0.1) is 6.92 Å². The van der Waals surface area contributed by atoms with Gasteiger partial charge in [0, 0.05) is 7.05 Å². The number of halogens is 1. The third-order valence-corrected chi connectivity index (χ3v) is 5.55. The molecule has 0 saturated heterocycles. The van der Waals surface area contributed by atoms with Crippen LogP contribution in [0.15, 0.2) is 23.1 Å². The second kappa shape index (κ2) is 5.11. The summed E-state index contributed by atoms with van der Waals surface area (Å²) in [5.74, 6) is -1.23. The van der Waals surface area contributed by atoms with E-state index in [2.05, 4.69) is 0 Å². The molecule has 0 atom stereocenters. The lowest BCUT2D eigenvalue weighted by Crippen LogP contribution is -2.50. The standard InChI is InChI=1S/C12H16ClNO4S/c1-8-5-6-10(9(13)7-8)19(17,18)14(4)12(2,3)11(15)16/h5-7H,1-4H3,(H,15,16). The highest BCUT2D eigenvalue weighted by Crippen LogP contribution is 2.28. The Morgan fingerprint density at radius 1 is 1.37 bits per heavy atom. The predicted octanol–water partition coefficient (Wildman–Crippen LogP) is 2.13. The first-order chi connectivity index (χ1) is 8.51. The van der Waals surface area contributed by atoms with E-state index in [9.17, 15) is 13.2 Å². The molecule has 19 heavy (non-hydrogen) atoms. The molecule has 0 spiro atoms. The summed E-state index contributed by atoms with van der Waals surface area (Å²) in [6, 6.07) is 4.51. The number of carbonyl (C=O) groups is 1. The van der Waals surface area contributed by atoms with Crippen LogP contribution in [-0.2, 0) is 14.8 Å². The van der Waals surface area contributed by atoms with Gasteiger partial charge in [-0.05, 0) is 38.5 Å². The van der Waals surface area contributed by atoms with E-state index in [0.717, 1.165) is 9.87 Å². The lowest BCUT2D eigenvalue weighted by molar-refractivity contribution is -0.145. The molecule has 5 nitrogen and oxygen atoms in total. The molecule has 0 amide bonds. The van der Waals surface area contributed by atoms with Gasteiger partial charge in [0.15, 0.2) is 0 Å². The van der Waals surface area contributed by atoms with Crippen molar-refractivity contribution in [1.82, 2.24) is 4.31 Å². The van der Waals surface area contributed by atoms with Gasteiger partial charge in [0.2, 0.25) is 10.0 Å². The molecule has 0 aliphatic carbocycles. The van der Waals surface area contributed by atoms with Crippen molar-refractivity contribution >= 4 is 27.6 Å². The molecular formula is C12H16ClNO4S. The Kier molecular flexibility index (Phi) is 4.29. The molecule has 1 N–H and O–H groups in total. The van der Waals surface area contributed by atoms with Crippen LogP contribution in [0.2, 0.25) is 5.02 Å². The van der Waals surface area contributed by atoms with E-state index in [-0.39, 0.29) is 9.92 Å². The third-order valence-electron chi connectivity index (χ3n) is 3.04. The van der Waals surface area contributed by atoms with Gasteiger partial charge in [0.1, 0.15) is 10.4 Å². The molecule has 0 aromatic heterocycles. The van der Waals surface area contributed by atoms with E-state index in [1.54, 1.807) is 13.0 Å². The van der Waals surface area contributed by atoms with Crippen molar-refractivity contribution in [3.63, 3.8) is 0 Å². The number of sulfonamides is 1. The number of carboxylic acids is 1. The number of likely N-dealkylation sites (N-methyl/N-ethyl adjacent to an activating group) is 1. The van der Waals surface area contributed by atoms with Crippen LogP contribution in [-0.4, -0.2) is 36.4 Å². The normalized spacial score (nSPS) is 12.7. The second-order valence-electron chi connectivity index (χ2n) is 4.77. The molecular weight excluding hydrogens is 290 g/mol. The zero-order valence-electron chi connectivity index (χ0n) is 11.1. The lowest BCUT2D eigenvalue weighted by atomic mass is 10.1. The van der Waals surface area contributed by atoms with Crippen LogP contribution in [0.3, 0.4) is 0 Å². The number of rotatable bonds is 4. The Morgan fingerprint density at radius 3 is 2.32 bits per heavy atom. The summed E-state index contributed by atoms with van der Waals surface area (Å²) < 4.78 is 25.6.